The fourth-order valence-electron chi connectivity index (χ4n) is 3.78. The van der Waals surface area contributed by atoms with Crippen LogP contribution in [0, 0.1) is 12.8 Å². The van der Waals surface area contributed by atoms with Gasteiger partial charge in [0.25, 0.3) is 5.91 Å². The van der Waals surface area contributed by atoms with Gasteiger partial charge in [0.1, 0.15) is 6.61 Å². The minimum Gasteiger partial charge on any atom is -0.447 e. The zero-order valence-corrected chi connectivity index (χ0v) is 19.1. The number of aromatic nitrogens is 3. The molecule has 0 bridgehead atoms. The molecule has 1 saturated heterocycles. The monoisotopic (exact) mass is 445 g/mol. The quantitative estimate of drug-likeness (QED) is 0.607. The zero-order valence-electron chi connectivity index (χ0n) is 19.1. The molecule has 3 heterocycles. The lowest BCUT2D eigenvalue weighted by molar-refractivity contribution is 0.0939. The fourth-order valence-corrected chi connectivity index (χ4v) is 3.78. The van der Waals surface area contributed by atoms with Crippen molar-refractivity contribution in [1.82, 2.24) is 20.3 Å². The van der Waals surface area contributed by atoms with Crippen molar-refractivity contribution in [3.63, 3.8) is 0 Å². The van der Waals surface area contributed by atoms with Gasteiger partial charge >= 0.3 is 6.09 Å². The second kappa shape index (κ2) is 9.36. The fraction of sp³-hybridized carbons (Fsp3) is 0.320. The van der Waals surface area contributed by atoms with E-state index in [0.717, 1.165) is 11.1 Å². The van der Waals surface area contributed by atoms with Gasteiger partial charge in [-0.1, -0.05) is 19.9 Å². The van der Waals surface area contributed by atoms with E-state index in [0.29, 0.717) is 29.2 Å². The first-order chi connectivity index (χ1) is 15.8. The van der Waals surface area contributed by atoms with Crippen LogP contribution in [-0.2, 0) is 4.74 Å². The molecular formula is C25H27N5O3. The summed E-state index contributed by atoms with van der Waals surface area (Å²) in [7, 11) is 0. The average molecular weight is 446 g/mol. The van der Waals surface area contributed by atoms with Gasteiger partial charge in [-0.05, 0) is 49.6 Å². The van der Waals surface area contributed by atoms with Crippen LogP contribution in [0.15, 0.2) is 55.1 Å². The summed E-state index contributed by atoms with van der Waals surface area (Å²) in [6, 6.07) is 8.79. The van der Waals surface area contributed by atoms with Gasteiger partial charge in [0.05, 0.1) is 29.7 Å². The summed E-state index contributed by atoms with van der Waals surface area (Å²) >= 11 is 0. The van der Waals surface area contributed by atoms with Gasteiger partial charge < -0.3 is 10.1 Å². The molecule has 0 spiro atoms. The maximum absolute atomic E-state index is 13.2. The number of carbonyl (C=O) groups excluding carboxylic acids is 2. The van der Waals surface area contributed by atoms with Crippen molar-refractivity contribution in [2.45, 2.75) is 39.8 Å². The van der Waals surface area contributed by atoms with Crippen molar-refractivity contribution in [3.05, 3.63) is 71.9 Å². The van der Waals surface area contributed by atoms with Gasteiger partial charge in [-0.15, -0.1) is 0 Å². The van der Waals surface area contributed by atoms with Gasteiger partial charge in [-0.3, -0.25) is 24.6 Å². The minimum atomic E-state index is -0.415. The van der Waals surface area contributed by atoms with E-state index < -0.39 is 6.09 Å². The van der Waals surface area contributed by atoms with Crippen LogP contribution in [0.2, 0.25) is 0 Å². The van der Waals surface area contributed by atoms with Crippen LogP contribution in [0.5, 0.6) is 0 Å². The van der Waals surface area contributed by atoms with E-state index in [2.05, 4.69) is 20.3 Å². The van der Waals surface area contributed by atoms with E-state index in [1.165, 1.54) is 0 Å². The number of amides is 2. The van der Waals surface area contributed by atoms with Gasteiger partial charge in [0.15, 0.2) is 0 Å². The van der Waals surface area contributed by atoms with Crippen molar-refractivity contribution in [1.29, 1.82) is 0 Å². The lowest BCUT2D eigenvalue weighted by atomic mass is 10.0. The van der Waals surface area contributed by atoms with E-state index >= 15 is 0 Å². The molecule has 8 heteroatoms. The van der Waals surface area contributed by atoms with Crippen LogP contribution in [0.4, 0.5) is 10.5 Å². The molecule has 8 nitrogen and oxygen atoms in total. The second-order valence-corrected chi connectivity index (χ2v) is 8.57. The summed E-state index contributed by atoms with van der Waals surface area (Å²) in [5.41, 5.74) is 4.18. The van der Waals surface area contributed by atoms with E-state index in [1.807, 2.05) is 45.9 Å². The van der Waals surface area contributed by atoms with Crippen molar-refractivity contribution < 1.29 is 14.3 Å². The van der Waals surface area contributed by atoms with Crippen LogP contribution >= 0.6 is 0 Å². The number of carbonyl (C=O) groups is 2. The number of nitrogens with zero attached hydrogens (tertiary/aromatic N) is 4. The maximum Gasteiger partial charge on any atom is 0.414 e. The second-order valence-electron chi connectivity index (χ2n) is 8.57. The topological polar surface area (TPSA) is 97.3 Å². The maximum atomic E-state index is 13.2. The number of cyclic esters (lactones) is 1. The Bertz CT molecular complexity index is 1150. The number of rotatable bonds is 6. The highest BCUT2D eigenvalue weighted by Crippen LogP contribution is 2.32. The highest BCUT2D eigenvalue weighted by molar-refractivity contribution is 5.99. The number of hydrogen-bond donors (Lipinski definition) is 1. The third kappa shape index (κ3) is 4.84. The molecule has 1 aromatic carbocycles. The molecule has 4 rings (SSSR count). The van der Waals surface area contributed by atoms with Crippen LogP contribution in [0.3, 0.4) is 0 Å². The smallest absolute Gasteiger partial charge is 0.414 e. The number of nitrogens with one attached hydrogen (secondary N) is 1. The Morgan fingerprint density at radius 2 is 1.94 bits per heavy atom. The van der Waals surface area contributed by atoms with E-state index in [-0.39, 0.29) is 23.9 Å². The predicted molar refractivity (Wildman–Crippen MR) is 125 cm³/mol. The van der Waals surface area contributed by atoms with Crippen LogP contribution < -0.4 is 10.2 Å². The summed E-state index contributed by atoms with van der Waals surface area (Å²) < 4.78 is 5.33. The summed E-state index contributed by atoms with van der Waals surface area (Å²) in [4.78, 5) is 40.3. The first-order valence-electron chi connectivity index (χ1n) is 10.9. The summed E-state index contributed by atoms with van der Waals surface area (Å²) in [6.45, 7) is 8.21. The van der Waals surface area contributed by atoms with Crippen LogP contribution in [0.25, 0.3) is 11.3 Å². The highest BCUT2D eigenvalue weighted by atomic mass is 16.6. The Morgan fingerprint density at radius 1 is 1.12 bits per heavy atom. The summed E-state index contributed by atoms with van der Waals surface area (Å²) in [5.74, 6) is -0.0939. The highest BCUT2D eigenvalue weighted by Gasteiger charge is 2.36. The number of aryl methyl sites for hydroxylation is 1. The molecule has 0 radical (unpaired) electrons. The number of anilines is 1. The standard InChI is InChI=1S/C25H27N5O3/c1-15(2)23-14-33-25(32)30(23)20-10-18(21-6-5-16(3)12-28-21)9-19(11-20)24(31)29-17(4)22-13-26-7-8-27-22/h5-13,15,17,23H,14H2,1-4H3,(H,29,31)/t17?,23-/m0/s1. The zero-order chi connectivity index (χ0) is 23.5. The normalized spacial score (nSPS) is 16.6. The Hall–Kier alpha value is -3.81. The molecule has 2 atom stereocenters. The first-order valence-corrected chi connectivity index (χ1v) is 10.9. The molecule has 33 heavy (non-hydrogen) atoms. The van der Waals surface area contributed by atoms with Crippen molar-refractivity contribution >= 4 is 17.7 Å². The third-order valence-electron chi connectivity index (χ3n) is 5.72. The van der Waals surface area contributed by atoms with Gasteiger partial charge in [-0.25, -0.2) is 4.79 Å². The molecule has 0 saturated carbocycles. The lowest BCUT2D eigenvalue weighted by Crippen LogP contribution is -2.37. The number of benzene rings is 1. The molecule has 2 amide bonds. The average Bonchev–Trinajstić information content (AvgIpc) is 3.21. The Labute approximate surface area is 193 Å². The molecule has 1 N–H and O–H groups in total. The van der Waals surface area contributed by atoms with Gasteiger partial charge in [-0.2, -0.15) is 0 Å². The van der Waals surface area contributed by atoms with Gasteiger partial charge in [0, 0.05) is 35.4 Å². The van der Waals surface area contributed by atoms with Crippen LogP contribution in [0.1, 0.15) is 48.4 Å². The molecule has 3 aromatic rings. The minimum absolute atomic E-state index is 0.117. The molecule has 170 valence electrons. The third-order valence-corrected chi connectivity index (χ3v) is 5.72. The van der Waals surface area contributed by atoms with Crippen molar-refractivity contribution in [2.75, 3.05) is 11.5 Å². The van der Waals surface area contributed by atoms with Crippen molar-refractivity contribution in [2.24, 2.45) is 5.92 Å². The van der Waals surface area contributed by atoms with E-state index in [9.17, 15) is 9.59 Å². The van der Waals surface area contributed by atoms with E-state index in [1.54, 1.807) is 41.8 Å². The first kappa shape index (κ1) is 22.4. The Kier molecular flexibility index (Phi) is 6.35. The molecule has 1 unspecified atom stereocenters. The molecule has 2 aromatic heterocycles. The summed E-state index contributed by atoms with van der Waals surface area (Å²) in [6.07, 6.45) is 6.16. The summed E-state index contributed by atoms with van der Waals surface area (Å²) in [5, 5.41) is 2.97. The molecule has 0 aliphatic carbocycles. The van der Waals surface area contributed by atoms with Crippen molar-refractivity contribution in [3.8, 4) is 11.3 Å². The number of ether oxygens (including phenoxy) is 1. The predicted octanol–water partition coefficient (Wildman–Crippen LogP) is 4.32. The molecule has 1 aliphatic heterocycles. The molecule has 1 fully saturated rings. The SMILES string of the molecule is Cc1ccc(-c2cc(C(=O)NC(C)c3cnccn3)cc(N3C(=O)OC[C@H]3C(C)C)c2)nc1. The molecule has 1 aliphatic rings. The van der Waals surface area contributed by atoms with Gasteiger partial charge in [0.2, 0.25) is 0 Å². The Morgan fingerprint density at radius 3 is 2.61 bits per heavy atom. The largest absolute Gasteiger partial charge is 0.447 e. The Balaban J connectivity index is 1.73. The number of pyridine rings is 1. The van der Waals surface area contributed by atoms with E-state index in [4.69, 9.17) is 4.74 Å². The van der Waals surface area contributed by atoms with Crippen LogP contribution in [-0.4, -0.2) is 39.6 Å². The molecular weight excluding hydrogens is 418 g/mol. The number of hydrogen-bond acceptors (Lipinski definition) is 6. The lowest BCUT2D eigenvalue weighted by Gasteiger charge is -2.25.